The Hall–Kier alpha value is -2.84. The Labute approximate surface area is 154 Å². The topological polar surface area (TPSA) is 101 Å². The first-order valence-electron chi connectivity index (χ1n) is 7.45. The Bertz CT molecular complexity index is 1080. The van der Waals surface area contributed by atoms with Gasteiger partial charge in [-0.15, -0.1) is 0 Å². The number of rotatable bonds is 5. The van der Waals surface area contributed by atoms with Gasteiger partial charge in [-0.3, -0.25) is 4.72 Å². The highest BCUT2D eigenvalue weighted by atomic mass is 35.5. The van der Waals surface area contributed by atoms with Crippen molar-refractivity contribution in [3.63, 3.8) is 0 Å². The molecule has 0 aliphatic rings. The molecule has 26 heavy (non-hydrogen) atoms. The van der Waals surface area contributed by atoms with Crippen molar-refractivity contribution in [2.75, 3.05) is 4.72 Å². The van der Waals surface area contributed by atoms with Crippen LogP contribution in [0.1, 0.15) is 16.1 Å². The van der Waals surface area contributed by atoms with Crippen molar-refractivity contribution in [1.82, 2.24) is 9.78 Å². The van der Waals surface area contributed by atoms with Crippen LogP contribution >= 0.6 is 11.6 Å². The normalized spacial score (nSPS) is 11.3. The number of aromatic nitrogens is 2. The first-order chi connectivity index (χ1) is 12.3. The van der Waals surface area contributed by atoms with Crippen LogP contribution in [0, 0.1) is 6.92 Å². The fourth-order valence-corrected chi connectivity index (χ4v) is 3.85. The van der Waals surface area contributed by atoms with Gasteiger partial charge in [0.25, 0.3) is 10.0 Å². The van der Waals surface area contributed by atoms with Gasteiger partial charge in [0.2, 0.25) is 0 Å². The molecule has 0 unspecified atom stereocenters. The van der Waals surface area contributed by atoms with Gasteiger partial charge in [-0.25, -0.2) is 17.9 Å². The number of aromatic carboxylic acids is 1. The van der Waals surface area contributed by atoms with Crippen LogP contribution in [0.15, 0.2) is 59.6 Å². The van der Waals surface area contributed by atoms with E-state index in [4.69, 9.17) is 16.7 Å². The van der Waals surface area contributed by atoms with E-state index in [1.54, 1.807) is 31.2 Å². The van der Waals surface area contributed by atoms with Gasteiger partial charge in [0.05, 0.1) is 28.2 Å². The van der Waals surface area contributed by atoms with Crippen LogP contribution in [0.3, 0.4) is 0 Å². The van der Waals surface area contributed by atoms with Crippen molar-refractivity contribution in [1.29, 1.82) is 0 Å². The van der Waals surface area contributed by atoms with Crippen LogP contribution in [0.2, 0.25) is 5.02 Å². The number of para-hydroxylation sites is 1. The minimum absolute atomic E-state index is 0.000249. The summed E-state index contributed by atoms with van der Waals surface area (Å²) in [7, 11) is -3.90. The highest BCUT2D eigenvalue weighted by Gasteiger charge is 2.22. The van der Waals surface area contributed by atoms with Crippen molar-refractivity contribution in [3.05, 3.63) is 71.0 Å². The summed E-state index contributed by atoms with van der Waals surface area (Å²) in [5.41, 5.74) is 1.28. The number of carboxylic acids is 1. The second-order valence-electron chi connectivity index (χ2n) is 5.45. The molecule has 134 valence electrons. The summed E-state index contributed by atoms with van der Waals surface area (Å²) in [5, 5.41) is 13.5. The molecule has 1 heterocycles. The SMILES string of the molecule is Cc1c(S(=O)(=O)Nc2ccc(C(=O)O)cc2)cnn1-c1ccccc1Cl. The second kappa shape index (κ2) is 6.81. The molecule has 0 atom stereocenters. The molecule has 0 saturated heterocycles. The Morgan fingerprint density at radius 3 is 2.42 bits per heavy atom. The zero-order valence-corrected chi connectivity index (χ0v) is 15.1. The Morgan fingerprint density at radius 1 is 1.15 bits per heavy atom. The van der Waals surface area contributed by atoms with E-state index in [-0.39, 0.29) is 16.1 Å². The molecule has 9 heteroatoms. The summed E-state index contributed by atoms with van der Waals surface area (Å²) in [4.78, 5) is 10.9. The van der Waals surface area contributed by atoms with E-state index in [0.717, 1.165) is 0 Å². The number of carboxylic acid groups (broad SMARTS) is 1. The highest BCUT2D eigenvalue weighted by molar-refractivity contribution is 7.92. The molecular weight excluding hydrogens is 378 g/mol. The number of sulfonamides is 1. The number of nitrogens with zero attached hydrogens (tertiary/aromatic N) is 2. The van der Waals surface area contributed by atoms with E-state index in [1.165, 1.54) is 35.1 Å². The molecule has 0 aliphatic heterocycles. The zero-order valence-electron chi connectivity index (χ0n) is 13.5. The predicted octanol–water partition coefficient (Wildman–Crippen LogP) is 3.33. The van der Waals surface area contributed by atoms with Crippen LogP contribution in [0.25, 0.3) is 5.69 Å². The number of hydrogen-bond acceptors (Lipinski definition) is 4. The van der Waals surface area contributed by atoms with E-state index in [0.29, 0.717) is 16.4 Å². The van der Waals surface area contributed by atoms with Crippen LogP contribution in [0.5, 0.6) is 0 Å². The standard InChI is InChI=1S/C17H14ClN3O4S/c1-11-16(10-19-21(11)15-5-3-2-4-14(15)18)26(24,25)20-13-8-6-12(7-9-13)17(22)23/h2-10,20H,1H3,(H,22,23). The number of benzene rings is 2. The van der Waals surface area contributed by atoms with E-state index < -0.39 is 16.0 Å². The number of hydrogen-bond donors (Lipinski definition) is 2. The molecule has 0 saturated carbocycles. The summed E-state index contributed by atoms with van der Waals surface area (Å²) in [6.07, 6.45) is 1.24. The minimum Gasteiger partial charge on any atom is -0.478 e. The summed E-state index contributed by atoms with van der Waals surface area (Å²) in [6, 6.07) is 12.4. The molecule has 0 radical (unpaired) electrons. The molecular formula is C17H14ClN3O4S. The lowest BCUT2D eigenvalue weighted by Crippen LogP contribution is -2.14. The van der Waals surface area contributed by atoms with E-state index in [9.17, 15) is 13.2 Å². The average molecular weight is 392 g/mol. The monoisotopic (exact) mass is 391 g/mol. The van der Waals surface area contributed by atoms with Gasteiger partial charge in [-0.05, 0) is 43.3 Å². The van der Waals surface area contributed by atoms with E-state index in [1.807, 2.05) is 0 Å². The second-order valence-corrected chi connectivity index (χ2v) is 7.50. The number of anilines is 1. The minimum atomic E-state index is -3.90. The molecule has 0 bridgehead atoms. The van der Waals surface area contributed by atoms with Gasteiger partial charge < -0.3 is 5.11 Å². The van der Waals surface area contributed by atoms with Crippen LogP contribution < -0.4 is 4.72 Å². The van der Waals surface area contributed by atoms with E-state index >= 15 is 0 Å². The quantitative estimate of drug-likeness (QED) is 0.694. The van der Waals surface area contributed by atoms with Crippen molar-refractivity contribution < 1.29 is 18.3 Å². The molecule has 7 nitrogen and oxygen atoms in total. The lowest BCUT2D eigenvalue weighted by molar-refractivity contribution is 0.0697. The third-order valence-electron chi connectivity index (χ3n) is 3.72. The maximum absolute atomic E-state index is 12.7. The van der Waals surface area contributed by atoms with Crippen molar-refractivity contribution in [2.24, 2.45) is 0 Å². The molecule has 0 spiro atoms. The van der Waals surface area contributed by atoms with Crippen molar-refractivity contribution >= 4 is 33.3 Å². The Kier molecular flexibility index (Phi) is 4.71. The maximum Gasteiger partial charge on any atom is 0.335 e. The average Bonchev–Trinajstić information content (AvgIpc) is 2.98. The molecule has 3 aromatic rings. The summed E-state index contributed by atoms with van der Waals surface area (Å²) in [5.74, 6) is -1.09. The van der Waals surface area contributed by atoms with E-state index in [2.05, 4.69) is 9.82 Å². The molecule has 0 amide bonds. The van der Waals surface area contributed by atoms with Gasteiger partial charge in [0.1, 0.15) is 4.90 Å². The molecule has 2 aromatic carbocycles. The predicted molar refractivity (Wildman–Crippen MR) is 97.5 cm³/mol. The molecule has 1 aromatic heterocycles. The fourth-order valence-electron chi connectivity index (χ4n) is 2.42. The maximum atomic E-state index is 12.7. The first-order valence-corrected chi connectivity index (χ1v) is 9.31. The zero-order chi connectivity index (χ0) is 18.9. The number of nitrogens with one attached hydrogen (secondary N) is 1. The molecule has 0 aliphatic carbocycles. The molecule has 0 fully saturated rings. The van der Waals surface area contributed by atoms with Gasteiger partial charge >= 0.3 is 5.97 Å². The number of carbonyl (C=O) groups is 1. The summed E-state index contributed by atoms with van der Waals surface area (Å²) >= 11 is 6.15. The van der Waals surface area contributed by atoms with Crippen LogP contribution in [0.4, 0.5) is 5.69 Å². The van der Waals surface area contributed by atoms with Gasteiger partial charge in [-0.2, -0.15) is 5.10 Å². The summed E-state index contributed by atoms with van der Waals surface area (Å²) < 4.78 is 29.2. The largest absolute Gasteiger partial charge is 0.478 e. The third kappa shape index (κ3) is 3.42. The fraction of sp³-hybridized carbons (Fsp3) is 0.0588. The first kappa shape index (κ1) is 18.0. The van der Waals surface area contributed by atoms with Crippen LogP contribution in [-0.4, -0.2) is 29.3 Å². The smallest absolute Gasteiger partial charge is 0.335 e. The van der Waals surface area contributed by atoms with Crippen molar-refractivity contribution in [3.8, 4) is 5.69 Å². The Morgan fingerprint density at radius 2 is 1.81 bits per heavy atom. The Balaban J connectivity index is 1.93. The highest BCUT2D eigenvalue weighted by Crippen LogP contribution is 2.25. The number of halogens is 1. The lowest BCUT2D eigenvalue weighted by atomic mass is 10.2. The third-order valence-corrected chi connectivity index (χ3v) is 5.52. The van der Waals surface area contributed by atoms with Crippen molar-refractivity contribution in [2.45, 2.75) is 11.8 Å². The van der Waals surface area contributed by atoms with Crippen LogP contribution in [-0.2, 0) is 10.0 Å². The lowest BCUT2D eigenvalue weighted by Gasteiger charge is -2.09. The molecule has 2 N–H and O–H groups in total. The van der Waals surface area contributed by atoms with Gasteiger partial charge in [-0.1, -0.05) is 23.7 Å². The van der Waals surface area contributed by atoms with Gasteiger partial charge in [0, 0.05) is 5.69 Å². The molecule has 3 rings (SSSR count). The van der Waals surface area contributed by atoms with Gasteiger partial charge in [0.15, 0.2) is 0 Å². The summed E-state index contributed by atoms with van der Waals surface area (Å²) in [6.45, 7) is 1.62.